The average molecular weight is 441 g/mol. The minimum Gasteiger partial charge on any atom is -0.508 e. The molecule has 2 aromatic carbocycles. The second-order valence-electron chi connectivity index (χ2n) is 7.09. The van der Waals surface area contributed by atoms with Crippen molar-refractivity contribution in [3.63, 3.8) is 0 Å². The van der Waals surface area contributed by atoms with Crippen LogP contribution in [0.1, 0.15) is 50.7 Å². The van der Waals surface area contributed by atoms with Crippen LogP contribution in [0, 0.1) is 0 Å². The van der Waals surface area contributed by atoms with E-state index in [0.29, 0.717) is 0 Å². The molecule has 32 heavy (non-hydrogen) atoms. The predicted molar refractivity (Wildman–Crippen MR) is 119 cm³/mol. The number of carboxylic acid groups (broad SMARTS) is 2. The minimum atomic E-state index is -1.36. The Bertz CT molecular complexity index is 978. The highest BCUT2D eigenvalue weighted by atomic mass is 16.6. The Kier molecular flexibility index (Phi) is 8.83. The molecule has 1 amide bonds. The Balaban J connectivity index is 2.15. The number of hydrogen-bond donors (Lipinski definition) is 4. The molecule has 1 atom stereocenters. The summed E-state index contributed by atoms with van der Waals surface area (Å²) in [7, 11) is 0. The zero-order valence-corrected chi connectivity index (χ0v) is 18.0. The third kappa shape index (κ3) is 6.87. The van der Waals surface area contributed by atoms with E-state index in [9.17, 15) is 19.5 Å². The largest absolute Gasteiger partial charge is 0.508 e. The van der Waals surface area contributed by atoms with Gasteiger partial charge in [0.2, 0.25) is 0 Å². The van der Waals surface area contributed by atoms with Crippen molar-refractivity contribution in [2.45, 2.75) is 45.6 Å². The van der Waals surface area contributed by atoms with E-state index in [0.717, 1.165) is 35.1 Å². The van der Waals surface area contributed by atoms with Gasteiger partial charge in [-0.05, 0) is 65.8 Å². The number of carbonyl (C=O) groups excluding carboxylic acids is 1. The van der Waals surface area contributed by atoms with E-state index >= 15 is 0 Å². The van der Waals surface area contributed by atoms with Crippen LogP contribution in [0.4, 0.5) is 4.79 Å². The lowest BCUT2D eigenvalue weighted by atomic mass is 9.91. The van der Waals surface area contributed by atoms with E-state index in [1.54, 1.807) is 24.3 Å². The quantitative estimate of drug-likeness (QED) is 0.398. The zero-order chi connectivity index (χ0) is 23.7. The van der Waals surface area contributed by atoms with Crippen molar-refractivity contribution < 1.29 is 34.4 Å². The molecule has 2 rings (SSSR count). The summed E-state index contributed by atoms with van der Waals surface area (Å²) in [5.74, 6) is -2.06. The molecule has 0 saturated heterocycles. The third-order valence-electron chi connectivity index (χ3n) is 4.94. The van der Waals surface area contributed by atoms with E-state index < -0.39 is 30.5 Å². The molecule has 0 spiro atoms. The number of phenols is 1. The van der Waals surface area contributed by atoms with Gasteiger partial charge in [-0.2, -0.15) is 0 Å². The fourth-order valence-corrected chi connectivity index (χ4v) is 3.37. The molecule has 0 aliphatic rings. The number of hydrogen-bond acceptors (Lipinski definition) is 5. The fraction of sp³-hybridized carbons (Fsp3) is 0.292. The summed E-state index contributed by atoms with van der Waals surface area (Å²) in [4.78, 5) is 33.9. The molecule has 2 aromatic rings. The van der Waals surface area contributed by atoms with Crippen molar-refractivity contribution in [3.8, 4) is 11.5 Å². The molecule has 0 unspecified atom stereocenters. The molecule has 0 aliphatic heterocycles. The number of ether oxygens (including phenoxy) is 1. The van der Waals surface area contributed by atoms with Crippen molar-refractivity contribution in [3.05, 3.63) is 59.7 Å². The number of carboxylic acids is 2. The van der Waals surface area contributed by atoms with E-state index in [-0.39, 0.29) is 17.9 Å². The molecule has 0 radical (unpaired) electrons. The first kappa shape index (κ1) is 24.5. The van der Waals surface area contributed by atoms with Crippen molar-refractivity contribution in [1.82, 2.24) is 5.32 Å². The lowest BCUT2D eigenvalue weighted by Gasteiger charge is -2.15. The van der Waals surface area contributed by atoms with Gasteiger partial charge in [0.15, 0.2) is 0 Å². The van der Waals surface area contributed by atoms with Crippen LogP contribution in [-0.2, 0) is 9.59 Å². The summed E-state index contributed by atoms with van der Waals surface area (Å²) in [6.07, 6.45) is -0.0461. The number of aliphatic carboxylic acids is 2. The SMILES string of the molecule is CC/C(=C(/CC)c1ccc(OC(=O)N[C@@H](CCC(=O)O)C(=O)O)cc1)c1ccc(O)cc1. The van der Waals surface area contributed by atoms with Gasteiger partial charge in [-0.1, -0.05) is 38.1 Å². The molecular formula is C24H27NO7. The van der Waals surface area contributed by atoms with Crippen LogP contribution in [0.15, 0.2) is 48.5 Å². The highest BCUT2D eigenvalue weighted by Crippen LogP contribution is 2.32. The van der Waals surface area contributed by atoms with Gasteiger partial charge in [-0.3, -0.25) is 4.79 Å². The normalized spacial score (nSPS) is 12.4. The Morgan fingerprint density at radius 1 is 0.875 bits per heavy atom. The Hall–Kier alpha value is -3.81. The zero-order valence-electron chi connectivity index (χ0n) is 18.0. The first-order chi connectivity index (χ1) is 15.2. The van der Waals surface area contributed by atoms with Crippen molar-refractivity contribution >= 4 is 29.2 Å². The number of amides is 1. The van der Waals surface area contributed by atoms with Gasteiger partial charge in [0.05, 0.1) is 0 Å². The highest BCUT2D eigenvalue weighted by Gasteiger charge is 2.22. The summed E-state index contributed by atoms with van der Waals surface area (Å²) >= 11 is 0. The van der Waals surface area contributed by atoms with Crippen LogP contribution in [0.2, 0.25) is 0 Å². The number of carbonyl (C=O) groups is 3. The standard InChI is InChI=1S/C24H27NO7/c1-3-19(15-5-9-17(26)10-6-15)20(4-2)16-7-11-18(12-8-16)32-24(31)25-21(23(29)30)13-14-22(27)28/h5-12,21,26H,3-4,13-14H2,1-2H3,(H,25,31)(H,27,28)(H,29,30)/b20-19+/t21-/m0/s1. The van der Waals surface area contributed by atoms with Crippen molar-refractivity contribution in [2.75, 3.05) is 0 Å². The number of phenolic OH excluding ortho intramolecular Hbond substituents is 1. The summed E-state index contributed by atoms with van der Waals surface area (Å²) in [6, 6.07) is 12.5. The van der Waals surface area contributed by atoms with E-state index in [1.165, 1.54) is 0 Å². The monoisotopic (exact) mass is 441 g/mol. The number of allylic oxidation sites excluding steroid dienone is 2. The van der Waals surface area contributed by atoms with Gasteiger partial charge >= 0.3 is 18.0 Å². The maximum atomic E-state index is 12.0. The minimum absolute atomic E-state index is 0.204. The lowest BCUT2D eigenvalue weighted by Crippen LogP contribution is -2.42. The Labute approximate surface area is 186 Å². The van der Waals surface area contributed by atoms with E-state index in [4.69, 9.17) is 14.9 Å². The molecule has 0 bridgehead atoms. The Morgan fingerprint density at radius 3 is 1.81 bits per heavy atom. The molecule has 0 heterocycles. The second-order valence-corrected chi connectivity index (χ2v) is 7.09. The number of benzene rings is 2. The highest BCUT2D eigenvalue weighted by molar-refractivity contribution is 5.91. The van der Waals surface area contributed by atoms with Crippen LogP contribution in [0.5, 0.6) is 11.5 Å². The molecule has 8 nitrogen and oxygen atoms in total. The smallest absolute Gasteiger partial charge is 0.413 e. The van der Waals surface area contributed by atoms with Crippen molar-refractivity contribution in [2.24, 2.45) is 0 Å². The number of nitrogens with one attached hydrogen (secondary N) is 1. The van der Waals surface area contributed by atoms with Crippen molar-refractivity contribution in [1.29, 1.82) is 0 Å². The molecule has 8 heteroatoms. The second kappa shape index (κ2) is 11.5. The van der Waals surface area contributed by atoms with Gasteiger partial charge in [-0.15, -0.1) is 0 Å². The maximum Gasteiger partial charge on any atom is 0.413 e. The first-order valence-electron chi connectivity index (χ1n) is 10.3. The van der Waals surface area contributed by atoms with Gasteiger partial charge in [-0.25, -0.2) is 9.59 Å². The topological polar surface area (TPSA) is 133 Å². The maximum absolute atomic E-state index is 12.0. The summed E-state index contributed by atoms with van der Waals surface area (Å²) in [5.41, 5.74) is 4.23. The fourth-order valence-electron chi connectivity index (χ4n) is 3.37. The van der Waals surface area contributed by atoms with Crippen LogP contribution < -0.4 is 10.1 Å². The van der Waals surface area contributed by atoms with Gasteiger partial charge in [0, 0.05) is 6.42 Å². The first-order valence-corrected chi connectivity index (χ1v) is 10.3. The molecule has 0 fully saturated rings. The van der Waals surface area contributed by atoms with E-state index in [2.05, 4.69) is 12.2 Å². The molecule has 0 saturated carbocycles. The molecule has 0 aliphatic carbocycles. The number of rotatable bonds is 10. The molecule has 4 N–H and O–H groups in total. The predicted octanol–water partition coefficient (Wildman–Crippen LogP) is 4.53. The van der Waals surface area contributed by atoms with Crippen LogP contribution in [0.25, 0.3) is 11.1 Å². The molecule has 0 aromatic heterocycles. The average Bonchev–Trinajstić information content (AvgIpc) is 2.76. The van der Waals surface area contributed by atoms with E-state index in [1.807, 2.05) is 31.2 Å². The van der Waals surface area contributed by atoms with Gasteiger partial charge in [0.1, 0.15) is 17.5 Å². The molecular weight excluding hydrogens is 414 g/mol. The summed E-state index contributed by atoms with van der Waals surface area (Å²) in [5, 5.41) is 29.5. The summed E-state index contributed by atoms with van der Waals surface area (Å²) in [6.45, 7) is 4.11. The van der Waals surface area contributed by atoms with Crippen LogP contribution in [0.3, 0.4) is 0 Å². The molecule has 170 valence electrons. The van der Waals surface area contributed by atoms with Gasteiger partial charge in [0.25, 0.3) is 0 Å². The van der Waals surface area contributed by atoms with Crippen LogP contribution >= 0.6 is 0 Å². The van der Waals surface area contributed by atoms with Gasteiger partial charge < -0.3 is 25.4 Å². The lowest BCUT2D eigenvalue weighted by molar-refractivity contribution is -0.140. The number of aromatic hydroxyl groups is 1. The third-order valence-corrected chi connectivity index (χ3v) is 4.94. The Morgan fingerprint density at radius 2 is 1.38 bits per heavy atom. The van der Waals surface area contributed by atoms with Crippen LogP contribution in [-0.4, -0.2) is 39.4 Å². The summed E-state index contributed by atoms with van der Waals surface area (Å²) < 4.78 is 5.15.